The van der Waals surface area contributed by atoms with Gasteiger partial charge in [-0.2, -0.15) is 5.26 Å². The summed E-state index contributed by atoms with van der Waals surface area (Å²) < 4.78 is 0. The van der Waals surface area contributed by atoms with Crippen LogP contribution in [0.5, 0.6) is 5.75 Å². The molecule has 1 amide bonds. The van der Waals surface area contributed by atoms with Gasteiger partial charge in [0.05, 0.1) is 23.4 Å². The average molecular weight is 547 g/mol. The zero-order chi connectivity index (χ0) is 26.6. The number of amides is 1. The van der Waals surface area contributed by atoms with Gasteiger partial charge in [0.1, 0.15) is 28.2 Å². The molecular formula is C28H27ClN6O2S. The lowest BCUT2D eigenvalue weighted by molar-refractivity contribution is -0.136. The number of hydrogen-bond acceptors (Lipinski definition) is 8. The molecule has 38 heavy (non-hydrogen) atoms. The molecule has 5 heterocycles. The molecule has 3 aliphatic heterocycles. The molecule has 3 aliphatic rings. The van der Waals surface area contributed by atoms with Gasteiger partial charge in [-0.15, -0.1) is 11.3 Å². The van der Waals surface area contributed by atoms with Crippen molar-refractivity contribution in [1.82, 2.24) is 14.9 Å². The molecule has 0 radical (unpaired) electrons. The maximum absolute atomic E-state index is 12.1. The summed E-state index contributed by atoms with van der Waals surface area (Å²) >= 11 is 8.28. The second-order valence-corrected chi connectivity index (χ2v) is 11.6. The quantitative estimate of drug-likeness (QED) is 0.480. The number of likely N-dealkylation sites (tertiary alicyclic amines) is 1. The summed E-state index contributed by atoms with van der Waals surface area (Å²) in [6.07, 6.45) is 2.98. The number of phenolic OH excluding ortho intramolecular Hbond substituents is 1. The molecule has 3 aromatic rings. The third kappa shape index (κ3) is 3.99. The molecule has 2 aromatic heterocycles. The van der Waals surface area contributed by atoms with Crippen molar-refractivity contribution in [3.05, 3.63) is 63.9 Å². The molecule has 0 bridgehead atoms. The number of halogens is 1. The number of hydrogen-bond donors (Lipinski definition) is 1. The fourth-order valence-corrected chi connectivity index (χ4v) is 7.15. The lowest BCUT2D eigenvalue weighted by atomic mass is 9.79. The van der Waals surface area contributed by atoms with Crippen LogP contribution in [0.2, 0.25) is 5.02 Å². The number of fused-ring (bicyclic) bond motifs is 1. The van der Waals surface area contributed by atoms with E-state index >= 15 is 0 Å². The van der Waals surface area contributed by atoms with Crippen LogP contribution in [0.4, 0.5) is 10.8 Å². The van der Waals surface area contributed by atoms with Crippen molar-refractivity contribution in [3.63, 3.8) is 0 Å². The zero-order valence-corrected chi connectivity index (χ0v) is 22.6. The molecule has 1 N–H and O–H groups in total. The highest BCUT2D eigenvalue weighted by atomic mass is 35.5. The van der Waals surface area contributed by atoms with Crippen LogP contribution < -0.4 is 9.80 Å². The fourth-order valence-electron chi connectivity index (χ4n) is 6.10. The normalized spacial score (nSPS) is 17.8. The summed E-state index contributed by atoms with van der Waals surface area (Å²) in [5.74, 6) is 0.701. The van der Waals surface area contributed by atoms with Gasteiger partial charge in [0.25, 0.3) is 0 Å². The molecular weight excluding hydrogens is 520 g/mol. The predicted octanol–water partition coefficient (Wildman–Crippen LogP) is 4.53. The number of aryl methyl sites for hydroxylation is 1. The minimum Gasteiger partial charge on any atom is -0.508 e. The van der Waals surface area contributed by atoms with Crippen LogP contribution in [0.15, 0.2) is 36.4 Å². The van der Waals surface area contributed by atoms with Crippen molar-refractivity contribution in [2.45, 2.75) is 26.3 Å². The Morgan fingerprint density at radius 2 is 2.11 bits per heavy atom. The van der Waals surface area contributed by atoms with Gasteiger partial charge in [-0.3, -0.25) is 4.79 Å². The van der Waals surface area contributed by atoms with Gasteiger partial charge >= 0.3 is 0 Å². The number of aromatic hydroxyl groups is 1. The average Bonchev–Trinajstić information content (AvgIpc) is 3.54. The van der Waals surface area contributed by atoms with Crippen molar-refractivity contribution in [2.24, 2.45) is 5.41 Å². The number of carbonyl (C=O) groups excluding carboxylic acids is 1. The first-order valence-corrected chi connectivity index (χ1v) is 13.8. The molecule has 6 rings (SSSR count). The van der Waals surface area contributed by atoms with Crippen molar-refractivity contribution >= 4 is 39.7 Å². The van der Waals surface area contributed by atoms with E-state index in [9.17, 15) is 15.2 Å². The first-order valence-electron chi connectivity index (χ1n) is 12.6. The summed E-state index contributed by atoms with van der Waals surface area (Å²) in [6.45, 7) is 9.83. The van der Waals surface area contributed by atoms with Gasteiger partial charge in [0.2, 0.25) is 5.91 Å². The van der Waals surface area contributed by atoms with Gasteiger partial charge in [0.15, 0.2) is 0 Å². The van der Waals surface area contributed by atoms with Gasteiger partial charge in [-0.05, 0) is 49.6 Å². The number of carbonyl (C=O) groups is 1. The van der Waals surface area contributed by atoms with Crippen LogP contribution in [0.3, 0.4) is 0 Å². The number of nitrogens with zero attached hydrogens (tertiary/aromatic N) is 6. The summed E-state index contributed by atoms with van der Waals surface area (Å²) in [5.41, 5.74) is 6.64. The van der Waals surface area contributed by atoms with Crippen molar-refractivity contribution in [3.8, 4) is 22.9 Å². The Kier molecular flexibility index (Phi) is 6.04. The Morgan fingerprint density at radius 3 is 2.82 bits per heavy atom. The number of benzene rings is 1. The molecule has 194 valence electrons. The lowest BCUT2D eigenvalue weighted by Crippen LogP contribution is -2.59. The number of aromatic nitrogens is 2. The number of nitriles is 1. The van der Waals surface area contributed by atoms with Crippen molar-refractivity contribution in [2.75, 3.05) is 42.5 Å². The molecule has 2 fully saturated rings. The molecule has 0 aliphatic carbocycles. The summed E-state index contributed by atoms with van der Waals surface area (Å²) in [4.78, 5) is 27.9. The number of thiazole rings is 1. The van der Waals surface area contributed by atoms with E-state index < -0.39 is 0 Å². The summed E-state index contributed by atoms with van der Waals surface area (Å²) in [7, 11) is 0. The monoisotopic (exact) mass is 546 g/mol. The predicted molar refractivity (Wildman–Crippen MR) is 149 cm³/mol. The molecule has 8 nitrogen and oxygen atoms in total. The Hall–Kier alpha value is -3.61. The van der Waals surface area contributed by atoms with Crippen LogP contribution in [-0.2, 0) is 17.8 Å². The Morgan fingerprint density at radius 1 is 1.29 bits per heavy atom. The largest absolute Gasteiger partial charge is 0.508 e. The van der Waals surface area contributed by atoms with Crippen LogP contribution in [-0.4, -0.2) is 58.6 Å². The van der Waals surface area contributed by atoms with Gasteiger partial charge < -0.3 is 19.8 Å². The molecule has 0 saturated carbocycles. The van der Waals surface area contributed by atoms with Gasteiger partial charge in [-0.25, -0.2) is 9.97 Å². The second kappa shape index (κ2) is 9.29. The molecule has 0 atom stereocenters. The molecule has 1 spiro atoms. The fraction of sp³-hybridized carbons (Fsp3) is 0.357. The number of phenols is 1. The summed E-state index contributed by atoms with van der Waals surface area (Å²) in [6, 6.07) is 7.30. The molecule has 10 heteroatoms. The number of anilines is 2. The number of pyridine rings is 1. The van der Waals surface area contributed by atoms with E-state index in [1.807, 2.05) is 17.3 Å². The van der Waals surface area contributed by atoms with Crippen molar-refractivity contribution < 1.29 is 9.90 Å². The maximum Gasteiger partial charge on any atom is 0.245 e. The van der Waals surface area contributed by atoms with Gasteiger partial charge in [0, 0.05) is 54.3 Å². The SMILES string of the molecule is C=CC(=O)N1CC2(CCN(c3nc4c(c(-c5cc(O)ccc5Cl)c3C#N)CCN(c3scnc3C)C4)C2)C1. The third-order valence-corrected chi connectivity index (χ3v) is 9.27. The van der Waals surface area contributed by atoms with E-state index in [0.717, 1.165) is 53.6 Å². The molecule has 0 unspecified atom stereocenters. The van der Waals surface area contributed by atoms with Crippen LogP contribution >= 0.6 is 22.9 Å². The van der Waals surface area contributed by atoms with E-state index in [1.165, 1.54) is 6.08 Å². The first kappa shape index (κ1) is 24.7. The molecule has 1 aromatic carbocycles. The topological polar surface area (TPSA) is 96.6 Å². The van der Waals surface area contributed by atoms with E-state index in [-0.39, 0.29) is 17.1 Å². The Balaban J connectivity index is 1.44. The summed E-state index contributed by atoms with van der Waals surface area (Å²) in [5, 5.41) is 22.4. The smallest absolute Gasteiger partial charge is 0.245 e. The highest BCUT2D eigenvalue weighted by Crippen LogP contribution is 2.46. The Labute approximate surface area is 230 Å². The molecule has 2 saturated heterocycles. The maximum atomic E-state index is 12.1. The third-order valence-electron chi connectivity index (χ3n) is 7.95. The highest BCUT2D eigenvalue weighted by molar-refractivity contribution is 7.14. The standard InChI is InChI=1S/C28H27ClN6O2S/c1-3-24(37)35-14-28(15-35)7-9-34(13-28)26-21(11-30)25(20-10-18(36)4-5-22(20)29)19-6-8-33(12-23(19)32-26)27-17(2)31-16-38-27/h3-5,10,16,36H,1,6-9,12-15H2,2H3. The van der Waals surface area contributed by atoms with Crippen molar-refractivity contribution in [1.29, 1.82) is 5.26 Å². The zero-order valence-electron chi connectivity index (χ0n) is 21.1. The Bertz CT molecular complexity index is 1510. The van der Waals surface area contributed by atoms with Crippen LogP contribution in [0.25, 0.3) is 11.1 Å². The lowest BCUT2D eigenvalue weighted by Gasteiger charge is -2.47. The van der Waals surface area contributed by atoms with E-state index in [4.69, 9.17) is 16.6 Å². The van der Waals surface area contributed by atoms with Crippen LogP contribution in [0, 0.1) is 23.7 Å². The van der Waals surface area contributed by atoms with Gasteiger partial charge in [-0.1, -0.05) is 18.2 Å². The second-order valence-electron chi connectivity index (χ2n) is 10.4. The highest BCUT2D eigenvalue weighted by Gasteiger charge is 2.49. The van der Waals surface area contributed by atoms with E-state index in [2.05, 4.69) is 27.4 Å². The van der Waals surface area contributed by atoms with Crippen LogP contribution in [0.1, 0.15) is 28.9 Å². The van der Waals surface area contributed by atoms with E-state index in [1.54, 1.807) is 29.5 Å². The number of rotatable bonds is 4. The minimum atomic E-state index is -0.0436. The minimum absolute atomic E-state index is 0.00239. The first-order chi connectivity index (χ1) is 18.3. The van der Waals surface area contributed by atoms with E-state index in [0.29, 0.717) is 48.0 Å².